The molecule has 74 valence electrons. The number of rotatable bonds is 2. The van der Waals surface area contributed by atoms with E-state index < -0.39 is 5.60 Å². The van der Waals surface area contributed by atoms with Crippen molar-refractivity contribution in [1.29, 1.82) is 0 Å². The Kier molecular flexibility index (Phi) is 2.78. The summed E-state index contributed by atoms with van der Waals surface area (Å²) in [4.78, 5) is 5.56. The largest absolute Gasteiger partial charge is 0.383 e. The van der Waals surface area contributed by atoms with Crippen LogP contribution in [0.5, 0.6) is 0 Å². The van der Waals surface area contributed by atoms with Crippen molar-refractivity contribution in [1.82, 2.24) is 4.98 Å². The number of hydrogen-bond acceptors (Lipinski definition) is 3. The van der Waals surface area contributed by atoms with E-state index in [0.29, 0.717) is 0 Å². The molecule has 0 aliphatic rings. The van der Waals surface area contributed by atoms with E-state index in [1.165, 1.54) is 4.88 Å². The van der Waals surface area contributed by atoms with Gasteiger partial charge in [0.1, 0.15) is 10.6 Å². The Morgan fingerprint density at radius 2 is 1.92 bits per heavy atom. The maximum atomic E-state index is 10.1. The number of thiazole rings is 1. The second-order valence-corrected chi connectivity index (χ2v) is 5.17. The molecule has 13 heavy (non-hydrogen) atoms. The van der Waals surface area contributed by atoms with E-state index >= 15 is 0 Å². The number of hydrogen-bond donors (Lipinski definition) is 1. The summed E-state index contributed by atoms with van der Waals surface area (Å²) in [6, 6.07) is 0. The Balaban J connectivity index is 3.07. The summed E-state index contributed by atoms with van der Waals surface area (Å²) in [6.45, 7) is 9.85. The summed E-state index contributed by atoms with van der Waals surface area (Å²) in [5.41, 5.74) is 0.241. The molecular formula is C10H17NOS. The molecule has 0 aromatic carbocycles. The van der Waals surface area contributed by atoms with E-state index in [1.807, 2.05) is 34.6 Å². The van der Waals surface area contributed by atoms with Gasteiger partial charge in [-0.1, -0.05) is 13.8 Å². The zero-order valence-electron chi connectivity index (χ0n) is 8.88. The van der Waals surface area contributed by atoms with E-state index in [1.54, 1.807) is 11.3 Å². The van der Waals surface area contributed by atoms with Crippen molar-refractivity contribution in [2.24, 2.45) is 5.92 Å². The molecule has 0 aliphatic carbocycles. The topological polar surface area (TPSA) is 33.1 Å². The molecule has 0 bridgehead atoms. The van der Waals surface area contributed by atoms with Crippen molar-refractivity contribution in [2.45, 2.75) is 40.2 Å². The van der Waals surface area contributed by atoms with Gasteiger partial charge in [0, 0.05) is 4.88 Å². The van der Waals surface area contributed by atoms with Crippen LogP contribution in [-0.2, 0) is 5.60 Å². The second kappa shape index (κ2) is 3.39. The Labute approximate surface area is 83.6 Å². The highest BCUT2D eigenvalue weighted by atomic mass is 32.1. The molecule has 0 unspecified atom stereocenters. The summed E-state index contributed by atoms with van der Waals surface area (Å²) in [6.07, 6.45) is 0. The van der Waals surface area contributed by atoms with Gasteiger partial charge in [0.15, 0.2) is 0 Å². The monoisotopic (exact) mass is 199 g/mol. The first-order valence-corrected chi connectivity index (χ1v) is 5.34. The van der Waals surface area contributed by atoms with E-state index in [0.717, 1.165) is 10.7 Å². The minimum absolute atomic E-state index is 0.192. The van der Waals surface area contributed by atoms with Crippen LogP contribution in [0, 0.1) is 19.8 Å². The molecule has 1 N–H and O–H groups in total. The van der Waals surface area contributed by atoms with Crippen LogP contribution in [0.2, 0.25) is 0 Å². The Bertz CT molecular complexity index is 282. The van der Waals surface area contributed by atoms with Crippen LogP contribution in [0.1, 0.15) is 36.3 Å². The summed E-state index contributed by atoms with van der Waals surface area (Å²) >= 11 is 1.59. The molecule has 0 aliphatic heterocycles. The van der Waals surface area contributed by atoms with Gasteiger partial charge in [0.2, 0.25) is 0 Å². The van der Waals surface area contributed by atoms with E-state index in [-0.39, 0.29) is 5.92 Å². The molecule has 1 heterocycles. The summed E-state index contributed by atoms with van der Waals surface area (Å²) in [5.74, 6) is 0.192. The lowest BCUT2D eigenvalue weighted by atomic mass is 9.93. The van der Waals surface area contributed by atoms with Crippen LogP contribution in [-0.4, -0.2) is 10.1 Å². The minimum atomic E-state index is -0.788. The van der Waals surface area contributed by atoms with Gasteiger partial charge in [-0.15, -0.1) is 11.3 Å². The summed E-state index contributed by atoms with van der Waals surface area (Å²) in [7, 11) is 0. The third-order valence-electron chi connectivity index (χ3n) is 2.59. The minimum Gasteiger partial charge on any atom is -0.383 e. The fourth-order valence-electron chi connectivity index (χ4n) is 0.936. The molecule has 0 saturated carbocycles. The Hall–Kier alpha value is -0.410. The molecule has 3 heteroatoms. The lowest BCUT2D eigenvalue weighted by molar-refractivity contribution is 0.00876. The zero-order valence-corrected chi connectivity index (χ0v) is 9.70. The molecule has 2 nitrogen and oxygen atoms in total. The van der Waals surface area contributed by atoms with Gasteiger partial charge in [0.05, 0.1) is 5.69 Å². The normalized spacial score (nSPS) is 16.2. The van der Waals surface area contributed by atoms with Crippen molar-refractivity contribution in [3.63, 3.8) is 0 Å². The zero-order chi connectivity index (χ0) is 10.2. The number of aliphatic hydroxyl groups is 1. The Morgan fingerprint density at radius 3 is 2.23 bits per heavy atom. The molecule has 1 atom stereocenters. The van der Waals surface area contributed by atoms with Crippen LogP contribution in [0.15, 0.2) is 0 Å². The van der Waals surface area contributed by atoms with Gasteiger partial charge < -0.3 is 5.11 Å². The van der Waals surface area contributed by atoms with Gasteiger partial charge >= 0.3 is 0 Å². The third kappa shape index (κ3) is 1.92. The highest BCUT2D eigenvalue weighted by molar-refractivity contribution is 7.11. The fourth-order valence-corrected chi connectivity index (χ4v) is 2.04. The van der Waals surface area contributed by atoms with Crippen molar-refractivity contribution in [2.75, 3.05) is 0 Å². The first-order chi connectivity index (χ1) is 5.85. The smallest absolute Gasteiger partial charge is 0.125 e. The number of aryl methyl sites for hydroxylation is 2. The van der Waals surface area contributed by atoms with Gasteiger partial charge in [-0.2, -0.15) is 0 Å². The number of aromatic nitrogens is 1. The molecular weight excluding hydrogens is 182 g/mol. The average Bonchev–Trinajstić information content (AvgIpc) is 2.32. The lowest BCUT2D eigenvalue weighted by Crippen LogP contribution is -2.27. The van der Waals surface area contributed by atoms with Crippen LogP contribution >= 0.6 is 11.3 Å². The molecule has 1 aromatic heterocycles. The maximum absolute atomic E-state index is 10.1. The van der Waals surface area contributed by atoms with Crippen molar-refractivity contribution in [3.05, 3.63) is 15.6 Å². The van der Waals surface area contributed by atoms with Crippen molar-refractivity contribution in [3.8, 4) is 0 Å². The number of nitrogens with zero attached hydrogens (tertiary/aromatic N) is 1. The van der Waals surface area contributed by atoms with Gasteiger partial charge in [0.25, 0.3) is 0 Å². The van der Waals surface area contributed by atoms with Gasteiger partial charge in [-0.3, -0.25) is 0 Å². The molecule has 1 rings (SSSR count). The predicted molar refractivity (Wildman–Crippen MR) is 56.0 cm³/mol. The maximum Gasteiger partial charge on any atom is 0.125 e. The predicted octanol–water partition coefficient (Wildman–Crippen LogP) is 2.62. The summed E-state index contributed by atoms with van der Waals surface area (Å²) < 4.78 is 0. The van der Waals surface area contributed by atoms with Crippen LogP contribution in [0.4, 0.5) is 0 Å². The molecule has 0 spiro atoms. The average molecular weight is 199 g/mol. The van der Waals surface area contributed by atoms with Gasteiger partial charge in [-0.25, -0.2) is 4.98 Å². The lowest BCUT2D eigenvalue weighted by Gasteiger charge is -2.24. The molecule has 0 amide bonds. The second-order valence-electron chi connectivity index (χ2n) is 3.96. The van der Waals surface area contributed by atoms with E-state index in [2.05, 4.69) is 4.98 Å². The molecule has 1 aromatic rings. The Morgan fingerprint density at radius 1 is 1.38 bits per heavy atom. The van der Waals surface area contributed by atoms with E-state index in [9.17, 15) is 5.11 Å². The van der Waals surface area contributed by atoms with Crippen LogP contribution < -0.4 is 0 Å². The molecule has 0 radical (unpaired) electrons. The quantitative estimate of drug-likeness (QED) is 0.794. The van der Waals surface area contributed by atoms with Crippen LogP contribution in [0.25, 0.3) is 0 Å². The SMILES string of the molecule is Cc1nc([C@](C)(O)C(C)C)sc1C. The highest BCUT2D eigenvalue weighted by Crippen LogP contribution is 2.32. The van der Waals surface area contributed by atoms with Crippen LogP contribution in [0.3, 0.4) is 0 Å². The fraction of sp³-hybridized carbons (Fsp3) is 0.700. The first-order valence-electron chi connectivity index (χ1n) is 4.52. The summed E-state index contributed by atoms with van der Waals surface area (Å²) in [5, 5.41) is 11.0. The standard InChI is InChI=1S/C10H17NOS/c1-6(2)10(5,12)9-11-7(3)8(4)13-9/h6,12H,1-5H3/t10-/m1/s1. The van der Waals surface area contributed by atoms with Gasteiger partial charge in [-0.05, 0) is 26.7 Å². The third-order valence-corrected chi connectivity index (χ3v) is 3.89. The van der Waals surface area contributed by atoms with E-state index in [4.69, 9.17) is 0 Å². The molecule has 0 fully saturated rings. The van der Waals surface area contributed by atoms with Crippen molar-refractivity contribution < 1.29 is 5.11 Å². The van der Waals surface area contributed by atoms with Crippen molar-refractivity contribution >= 4 is 11.3 Å². The molecule has 0 saturated heterocycles. The first kappa shape index (κ1) is 10.7. The highest BCUT2D eigenvalue weighted by Gasteiger charge is 2.30.